The van der Waals surface area contributed by atoms with E-state index in [9.17, 15) is 4.79 Å². The summed E-state index contributed by atoms with van der Waals surface area (Å²) in [6.07, 6.45) is 2.94. The van der Waals surface area contributed by atoms with Gasteiger partial charge in [-0.05, 0) is 43.5 Å². The number of primary amides is 1. The molecule has 19 heavy (non-hydrogen) atoms. The second-order valence-electron chi connectivity index (χ2n) is 4.93. The monoisotopic (exact) mass is 281 g/mol. The highest BCUT2D eigenvalue weighted by molar-refractivity contribution is 6.30. The van der Waals surface area contributed by atoms with Crippen LogP contribution in [0.1, 0.15) is 18.4 Å². The van der Waals surface area contributed by atoms with Gasteiger partial charge in [-0.3, -0.25) is 0 Å². The molecule has 1 aromatic rings. The van der Waals surface area contributed by atoms with Crippen molar-refractivity contribution in [1.82, 2.24) is 10.2 Å². The third kappa shape index (κ3) is 4.40. The number of piperidine rings is 1. The van der Waals surface area contributed by atoms with Gasteiger partial charge in [-0.25, -0.2) is 4.79 Å². The van der Waals surface area contributed by atoms with Crippen LogP contribution in [0.25, 0.3) is 0 Å². The number of likely N-dealkylation sites (tertiary alicyclic amines) is 1. The molecule has 1 aliphatic heterocycles. The van der Waals surface area contributed by atoms with Crippen LogP contribution in [0.3, 0.4) is 0 Å². The number of rotatable bonds is 4. The van der Waals surface area contributed by atoms with Crippen molar-refractivity contribution in [2.45, 2.75) is 25.3 Å². The largest absolute Gasteiger partial charge is 0.351 e. The zero-order chi connectivity index (χ0) is 13.7. The number of nitrogens with one attached hydrogen (secondary N) is 1. The van der Waals surface area contributed by atoms with Crippen LogP contribution in [0.2, 0.25) is 5.02 Å². The minimum atomic E-state index is -0.306. The van der Waals surface area contributed by atoms with E-state index >= 15 is 0 Å². The van der Waals surface area contributed by atoms with Gasteiger partial charge in [0.1, 0.15) is 0 Å². The van der Waals surface area contributed by atoms with Crippen LogP contribution in [0, 0.1) is 0 Å². The Balaban J connectivity index is 1.67. The molecule has 0 aliphatic carbocycles. The molecule has 2 amide bonds. The van der Waals surface area contributed by atoms with Crippen molar-refractivity contribution in [3.05, 3.63) is 34.9 Å². The van der Waals surface area contributed by atoms with Crippen molar-refractivity contribution in [2.75, 3.05) is 19.6 Å². The average Bonchev–Trinajstić information content (AvgIpc) is 2.41. The van der Waals surface area contributed by atoms with Gasteiger partial charge in [-0.2, -0.15) is 0 Å². The number of carbonyl (C=O) groups is 1. The van der Waals surface area contributed by atoms with Gasteiger partial charge in [0.2, 0.25) is 0 Å². The van der Waals surface area contributed by atoms with E-state index in [1.54, 1.807) is 4.90 Å². The maximum atomic E-state index is 11.0. The molecule has 0 saturated carbocycles. The first-order valence-electron chi connectivity index (χ1n) is 6.67. The maximum absolute atomic E-state index is 11.0. The Morgan fingerprint density at radius 1 is 1.32 bits per heavy atom. The lowest BCUT2D eigenvalue weighted by atomic mass is 10.0. The molecule has 1 heterocycles. The van der Waals surface area contributed by atoms with Crippen molar-refractivity contribution in [3.63, 3.8) is 0 Å². The lowest BCUT2D eigenvalue weighted by molar-refractivity contribution is 0.185. The molecule has 1 fully saturated rings. The third-order valence-corrected chi connectivity index (χ3v) is 3.82. The number of urea groups is 1. The van der Waals surface area contributed by atoms with E-state index in [2.05, 4.69) is 17.4 Å². The number of benzene rings is 1. The van der Waals surface area contributed by atoms with Crippen LogP contribution in [-0.2, 0) is 6.42 Å². The highest BCUT2D eigenvalue weighted by Gasteiger charge is 2.20. The summed E-state index contributed by atoms with van der Waals surface area (Å²) in [6, 6.07) is 8.13. The number of carbonyl (C=O) groups excluding carboxylic acids is 1. The standard InChI is InChI=1S/C14H20ClN3O/c15-12-3-1-11(2-4-12)5-8-17-13-6-9-18(10-7-13)14(16)19/h1-4,13,17H,5-10H2,(H2,16,19). The summed E-state index contributed by atoms with van der Waals surface area (Å²) in [4.78, 5) is 12.7. The summed E-state index contributed by atoms with van der Waals surface area (Å²) in [7, 11) is 0. The van der Waals surface area contributed by atoms with E-state index in [1.165, 1.54) is 5.56 Å². The van der Waals surface area contributed by atoms with Crippen molar-refractivity contribution in [2.24, 2.45) is 5.73 Å². The topological polar surface area (TPSA) is 58.4 Å². The Morgan fingerprint density at radius 3 is 2.53 bits per heavy atom. The van der Waals surface area contributed by atoms with Gasteiger partial charge in [-0.15, -0.1) is 0 Å². The number of amides is 2. The van der Waals surface area contributed by atoms with E-state index in [1.807, 2.05) is 12.1 Å². The van der Waals surface area contributed by atoms with Crippen LogP contribution in [0.5, 0.6) is 0 Å². The third-order valence-electron chi connectivity index (χ3n) is 3.57. The Morgan fingerprint density at radius 2 is 1.95 bits per heavy atom. The quantitative estimate of drug-likeness (QED) is 0.887. The maximum Gasteiger partial charge on any atom is 0.314 e. The highest BCUT2D eigenvalue weighted by atomic mass is 35.5. The van der Waals surface area contributed by atoms with Crippen molar-refractivity contribution in [3.8, 4) is 0 Å². The highest BCUT2D eigenvalue weighted by Crippen LogP contribution is 2.11. The fourth-order valence-corrected chi connectivity index (χ4v) is 2.50. The molecular weight excluding hydrogens is 262 g/mol. The summed E-state index contributed by atoms with van der Waals surface area (Å²) in [5.74, 6) is 0. The Hall–Kier alpha value is -1.26. The predicted molar refractivity (Wildman–Crippen MR) is 77.3 cm³/mol. The molecular formula is C14H20ClN3O. The zero-order valence-corrected chi connectivity index (χ0v) is 11.7. The number of halogens is 1. The van der Waals surface area contributed by atoms with E-state index in [-0.39, 0.29) is 6.03 Å². The molecule has 4 nitrogen and oxygen atoms in total. The first-order valence-corrected chi connectivity index (χ1v) is 7.05. The van der Waals surface area contributed by atoms with Gasteiger partial charge in [0.05, 0.1) is 0 Å². The van der Waals surface area contributed by atoms with Gasteiger partial charge in [0.25, 0.3) is 0 Å². The predicted octanol–water partition coefficient (Wildman–Crippen LogP) is 2.02. The molecule has 0 spiro atoms. The normalized spacial score (nSPS) is 16.6. The summed E-state index contributed by atoms with van der Waals surface area (Å²) < 4.78 is 0. The molecule has 1 aromatic carbocycles. The average molecular weight is 282 g/mol. The van der Waals surface area contributed by atoms with Gasteiger partial charge in [0, 0.05) is 24.2 Å². The Bertz CT molecular complexity index is 413. The van der Waals surface area contributed by atoms with Gasteiger partial charge in [0.15, 0.2) is 0 Å². The summed E-state index contributed by atoms with van der Waals surface area (Å²) in [5.41, 5.74) is 6.54. The second kappa shape index (κ2) is 6.78. The number of nitrogens with two attached hydrogens (primary N) is 1. The first-order chi connectivity index (χ1) is 9.15. The molecule has 0 aromatic heterocycles. The molecule has 0 radical (unpaired) electrons. The van der Waals surface area contributed by atoms with Crippen LogP contribution in [0.4, 0.5) is 4.79 Å². The van der Waals surface area contributed by atoms with Crippen LogP contribution >= 0.6 is 11.6 Å². The number of hydrogen-bond acceptors (Lipinski definition) is 2. The van der Waals surface area contributed by atoms with Crippen molar-refractivity contribution in [1.29, 1.82) is 0 Å². The Kier molecular flexibility index (Phi) is 5.05. The van der Waals surface area contributed by atoms with Gasteiger partial charge >= 0.3 is 6.03 Å². The molecule has 1 aliphatic rings. The molecule has 3 N–H and O–H groups in total. The molecule has 2 rings (SSSR count). The fourth-order valence-electron chi connectivity index (χ4n) is 2.38. The van der Waals surface area contributed by atoms with Crippen LogP contribution < -0.4 is 11.1 Å². The number of nitrogens with zero attached hydrogens (tertiary/aromatic N) is 1. The lowest BCUT2D eigenvalue weighted by Gasteiger charge is -2.31. The summed E-state index contributed by atoms with van der Waals surface area (Å²) in [5, 5.41) is 4.31. The second-order valence-corrected chi connectivity index (χ2v) is 5.37. The van der Waals surface area contributed by atoms with E-state index in [0.29, 0.717) is 6.04 Å². The Labute approximate surface area is 118 Å². The van der Waals surface area contributed by atoms with Gasteiger partial charge < -0.3 is 16.0 Å². The molecule has 0 atom stereocenters. The molecule has 1 saturated heterocycles. The SMILES string of the molecule is NC(=O)N1CCC(NCCc2ccc(Cl)cc2)CC1. The van der Waals surface area contributed by atoms with Crippen molar-refractivity contribution < 1.29 is 4.79 Å². The fraction of sp³-hybridized carbons (Fsp3) is 0.500. The number of hydrogen-bond donors (Lipinski definition) is 2. The minimum absolute atomic E-state index is 0.306. The molecule has 5 heteroatoms. The molecule has 0 unspecified atom stereocenters. The smallest absolute Gasteiger partial charge is 0.314 e. The first kappa shape index (κ1) is 14.2. The molecule has 0 bridgehead atoms. The summed E-state index contributed by atoms with van der Waals surface area (Å²) in [6.45, 7) is 2.46. The summed E-state index contributed by atoms with van der Waals surface area (Å²) >= 11 is 5.85. The zero-order valence-electron chi connectivity index (χ0n) is 10.9. The van der Waals surface area contributed by atoms with Gasteiger partial charge in [-0.1, -0.05) is 23.7 Å². The minimum Gasteiger partial charge on any atom is -0.351 e. The van der Waals surface area contributed by atoms with E-state index in [0.717, 1.165) is 43.9 Å². The van der Waals surface area contributed by atoms with Crippen molar-refractivity contribution >= 4 is 17.6 Å². The lowest BCUT2D eigenvalue weighted by Crippen LogP contribution is -2.47. The van der Waals surface area contributed by atoms with E-state index < -0.39 is 0 Å². The molecule has 104 valence electrons. The van der Waals surface area contributed by atoms with E-state index in [4.69, 9.17) is 17.3 Å². The van der Waals surface area contributed by atoms with Crippen LogP contribution in [-0.4, -0.2) is 36.6 Å². The van der Waals surface area contributed by atoms with Crippen LogP contribution in [0.15, 0.2) is 24.3 Å².